The molecule has 0 saturated heterocycles. The number of methoxy groups -OCH3 is 2. The molecule has 25 heavy (non-hydrogen) atoms. The summed E-state index contributed by atoms with van der Waals surface area (Å²) in [5.41, 5.74) is 2.23. The van der Waals surface area contributed by atoms with Crippen LogP contribution in [0.25, 0.3) is 11.4 Å². The van der Waals surface area contributed by atoms with Gasteiger partial charge in [-0.05, 0) is 30.7 Å². The molecule has 130 valence electrons. The molecule has 0 fully saturated rings. The Labute approximate surface area is 152 Å². The number of benzene rings is 2. The molecule has 6 heteroatoms. The monoisotopic (exact) mass is 355 g/mol. The van der Waals surface area contributed by atoms with Gasteiger partial charge < -0.3 is 14.0 Å². The molecule has 1 aromatic heterocycles. The Morgan fingerprint density at radius 1 is 0.960 bits per heavy atom. The summed E-state index contributed by atoms with van der Waals surface area (Å²) < 4.78 is 12.8. The fourth-order valence-corrected chi connectivity index (χ4v) is 3.55. The first-order valence-corrected chi connectivity index (χ1v) is 9.07. The van der Waals surface area contributed by atoms with Gasteiger partial charge in [-0.25, -0.2) is 0 Å². The van der Waals surface area contributed by atoms with E-state index in [1.165, 1.54) is 5.56 Å². The number of hydrogen-bond donors (Lipinski definition) is 0. The predicted molar refractivity (Wildman–Crippen MR) is 100 cm³/mol. The summed E-state index contributed by atoms with van der Waals surface area (Å²) >= 11 is 1.69. The highest BCUT2D eigenvalue weighted by Crippen LogP contribution is 2.33. The van der Waals surface area contributed by atoms with Gasteiger partial charge in [-0.2, -0.15) is 0 Å². The second kappa shape index (κ2) is 8.07. The second-order valence-corrected chi connectivity index (χ2v) is 6.34. The number of rotatable bonds is 7. The molecule has 0 N–H and O–H groups in total. The number of ether oxygens (including phenoxy) is 2. The Hall–Kier alpha value is -2.47. The van der Waals surface area contributed by atoms with E-state index in [2.05, 4.69) is 46.0 Å². The molecule has 0 spiro atoms. The quantitative estimate of drug-likeness (QED) is 0.592. The van der Waals surface area contributed by atoms with Crippen molar-refractivity contribution in [2.75, 3.05) is 14.2 Å². The maximum atomic E-state index is 5.40. The topological polar surface area (TPSA) is 49.2 Å². The summed E-state index contributed by atoms with van der Waals surface area (Å²) in [7, 11) is 3.26. The third-order valence-corrected chi connectivity index (χ3v) is 4.92. The summed E-state index contributed by atoms with van der Waals surface area (Å²) in [5.74, 6) is 3.08. The van der Waals surface area contributed by atoms with Crippen molar-refractivity contribution in [1.29, 1.82) is 0 Å². The molecule has 5 nitrogen and oxygen atoms in total. The van der Waals surface area contributed by atoms with Gasteiger partial charge in [0.15, 0.2) is 22.5 Å². The smallest absolute Gasteiger partial charge is 0.191 e. The summed E-state index contributed by atoms with van der Waals surface area (Å²) in [4.78, 5) is 0. The lowest BCUT2D eigenvalue weighted by Crippen LogP contribution is -2.00. The van der Waals surface area contributed by atoms with Gasteiger partial charge in [0.1, 0.15) is 0 Å². The minimum Gasteiger partial charge on any atom is -0.493 e. The highest BCUT2D eigenvalue weighted by atomic mass is 32.2. The molecule has 0 saturated carbocycles. The van der Waals surface area contributed by atoms with Crippen LogP contribution in [-0.2, 0) is 12.3 Å². The van der Waals surface area contributed by atoms with Crippen molar-refractivity contribution in [1.82, 2.24) is 14.8 Å². The lowest BCUT2D eigenvalue weighted by molar-refractivity contribution is 0.355. The van der Waals surface area contributed by atoms with Gasteiger partial charge in [0.25, 0.3) is 0 Å². The first-order valence-electron chi connectivity index (χ1n) is 8.09. The number of thioether (sulfide) groups is 1. The standard InChI is InChI=1S/C19H21N3O2S/c1-4-22-18(15-10-11-16(23-2)17(12-15)24-3)20-21-19(22)25-13-14-8-6-5-7-9-14/h5-12H,4,13H2,1-3H3. The van der Waals surface area contributed by atoms with Crippen LogP contribution in [-0.4, -0.2) is 29.0 Å². The molecule has 3 rings (SSSR count). The predicted octanol–water partition coefficient (Wildman–Crippen LogP) is 4.27. The van der Waals surface area contributed by atoms with Crippen LogP contribution in [0.15, 0.2) is 53.7 Å². The van der Waals surface area contributed by atoms with Crippen LogP contribution in [0, 0.1) is 0 Å². The van der Waals surface area contributed by atoms with Gasteiger partial charge in [0.05, 0.1) is 14.2 Å². The van der Waals surface area contributed by atoms with E-state index >= 15 is 0 Å². The van der Waals surface area contributed by atoms with Gasteiger partial charge in [-0.3, -0.25) is 0 Å². The minimum atomic E-state index is 0.684. The van der Waals surface area contributed by atoms with Gasteiger partial charge in [-0.15, -0.1) is 10.2 Å². The Bertz CT molecular complexity index is 834. The fourth-order valence-electron chi connectivity index (χ4n) is 2.59. The summed E-state index contributed by atoms with van der Waals surface area (Å²) in [6.07, 6.45) is 0. The number of nitrogens with zero attached hydrogens (tertiary/aromatic N) is 3. The van der Waals surface area contributed by atoms with Crippen molar-refractivity contribution in [2.24, 2.45) is 0 Å². The van der Waals surface area contributed by atoms with Crippen molar-refractivity contribution < 1.29 is 9.47 Å². The Morgan fingerprint density at radius 3 is 2.40 bits per heavy atom. The molecule has 3 aromatic rings. The first kappa shape index (κ1) is 17.4. The van der Waals surface area contributed by atoms with E-state index < -0.39 is 0 Å². The maximum absolute atomic E-state index is 5.40. The normalized spacial score (nSPS) is 10.7. The highest BCUT2D eigenvalue weighted by molar-refractivity contribution is 7.98. The average Bonchev–Trinajstić information content (AvgIpc) is 3.09. The van der Waals surface area contributed by atoms with Gasteiger partial charge >= 0.3 is 0 Å². The van der Waals surface area contributed by atoms with Crippen molar-refractivity contribution in [3.05, 3.63) is 54.1 Å². The summed E-state index contributed by atoms with van der Waals surface area (Å²) in [5, 5.41) is 9.69. The van der Waals surface area contributed by atoms with Gasteiger partial charge in [0.2, 0.25) is 0 Å². The highest BCUT2D eigenvalue weighted by Gasteiger charge is 2.15. The Morgan fingerprint density at radius 2 is 1.72 bits per heavy atom. The molecular formula is C19H21N3O2S. The molecule has 0 aliphatic heterocycles. The largest absolute Gasteiger partial charge is 0.493 e. The van der Waals surface area contributed by atoms with Crippen LogP contribution < -0.4 is 9.47 Å². The van der Waals surface area contributed by atoms with Gasteiger partial charge in [0, 0.05) is 17.9 Å². The molecule has 0 aliphatic rings. The van der Waals surface area contributed by atoms with Gasteiger partial charge in [-0.1, -0.05) is 42.1 Å². The van der Waals surface area contributed by atoms with Crippen molar-refractivity contribution in [3.63, 3.8) is 0 Å². The molecule has 0 radical (unpaired) electrons. The van der Waals surface area contributed by atoms with E-state index in [1.807, 2.05) is 24.3 Å². The summed E-state index contributed by atoms with van der Waals surface area (Å²) in [6, 6.07) is 16.2. The molecule has 0 amide bonds. The van der Waals surface area contributed by atoms with E-state index in [4.69, 9.17) is 9.47 Å². The van der Waals surface area contributed by atoms with Crippen molar-refractivity contribution in [3.8, 4) is 22.9 Å². The van der Waals surface area contributed by atoms with E-state index in [9.17, 15) is 0 Å². The third kappa shape index (κ3) is 3.79. The first-order chi connectivity index (χ1) is 12.3. The molecular weight excluding hydrogens is 334 g/mol. The zero-order chi connectivity index (χ0) is 17.6. The zero-order valence-electron chi connectivity index (χ0n) is 14.6. The molecule has 2 aromatic carbocycles. The molecule has 0 atom stereocenters. The van der Waals surface area contributed by atoms with Crippen molar-refractivity contribution in [2.45, 2.75) is 24.4 Å². The number of aromatic nitrogens is 3. The molecule has 0 unspecified atom stereocenters. The van der Waals surface area contributed by atoms with E-state index in [1.54, 1.807) is 26.0 Å². The lowest BCUT2D eigenvalue weighted by atomic mass is 10.2. The van der Waals surface area contributed by atoms with E-state index in [0.29, 0.717) is 11.5 Å². The van der Waals surface area contributed by atoms with Crippen LogP contribution in [0.2, 0.25) is 0 Å². The van der Waals surface area contributed by atoms with E-state index in [0.717, 1.165) is 28.8 Å². The maximum Gasteiger partial charge on any atom is 0.191 e. The van der Waals surface area contributed by atoms with Crippen molar-refractivity contribution >= 4 is 11.8 Å². The second-order valence-electron chi connectivity index (χ2n) is 5.39. The average molecular weight is 355 g/mol. The molecule has 0 aliphatic carbocycles. The zero-order valence-corrected chi connectivity index (χ0v) is 15.4. The fraction of sp³-hybridized carbons (Fsp3) is 0.263. The SMILES string of the molecule is CCn1c(SCc2ccccc2)nnc1-c1ccc(OC)c(OC)c1. The van der Waals surface area contributed by atoms with Crippen LogP contribution in [0.4, 0.5) is 0 Å². The Balaban J connectivity index is 1.87. The van der Waals surface area contributed by atoms with Crippen LogP contribution in [0.3, 0.4) is 0 Å². The van der Waals surface area contributed by atoms with E-state index in [-0.39, 0.29) is 0 Å². The third-order valence-electron chi connectivity index (χ3n) is 3.89. The van der Waals surface area contributed by atoms with Crippen LogP contribution >= 0.6 is 11.8 Å². The number of hydrogen-bond acceptors (Lipinski definition) is 5. The Kier molecular flexibility index (Phi) is 5.60. The van der Waals surface area contributed by atoms with Crippen LogP contribution in [0.1, 0.15) is 12.5 Å². The molecule has 1 heterocycles. The lowest BCUT2D eigenvalue weighted by Gasteiger charge is -2.11. The van der Waals surface area contributed by atoms with Crippen LogP contribution in [0.5, 0.6) is 11.5 Å². The minimum absolute atomic E-state index is 0.684. The summed E-state index contributed by atoms with van der Waals surface area (Å²) in [6.45, 7) is 2.90. The molecule has 0 bridgehead atoms.